The van der Waals surface area contributed by atoms with Crippen molar-refractivity contribution < 1.29 is 24.2 Å². The SMILES string of the molecule is COC1N(CC2CCNCC2)c2ccc(C#Cc3ccccc3)c(Cc3cnc(N)nc3N)c2C(=O)C1(OC)C(=O)O.Cl. The van der Waals surface area contributed by atoms with Crippen molar-refractivity contribution in [2.75, 3.05) is 50.2 Å². The first kappa shape index (κ1) is 31.7. The zero-order valence-electron chi connectivity index (χ0n) is 24.0. The summed E-state index contributed by atoms with van der Waals surface area (Å²) in [6.07, 6.45) is 2.21. The van der Waals surface area contributed by atoms with E-state index in [-0.39, 0.29) is 42.1 Å². The third-order valence-electron chi connectivity index (χ3n) is 7.97. The zero-order chi connectivity index (χ0) is 29.9. The van der Waals surface area contributed by atoms with Gasteiger partial charge in [0.05, 0.1) is 5.69 Å². The fraction of sp³-hybridized carbons (Fsp3) is 0.355. The van der Waals surface area contributed by atoms with E-state index in [1.165, 1.54) is 20.4 Å². The minimum atomic E-state index is -2.32. The summed E-state index contributed by atoms with van der Waals surface area (Å²) >= 11 is 0. The minimum absolute atomic E-state index is 0. The smallest absolute Gasteiger partial charge is 0.349 e. The number of piperidine rings is 1. The van der Waals surface area contributed by atoms with Crippen molar-refractivity contribution in [3.63, 3.8) is 0 Å². The number of carboxylic acid groups (broad SMARTS) is 1. The molecule has 3 heterocycles. The highest BCUT2D eigenvalue weighted by Gasteiger charge is 2.61. The number of ketones is 1. The van der Waals surface area contributed by atoms with Crippen LogP contribution in [0.3, 0.4) is 0 Å². The van der Waals surface area contributed by atoms with Crippen LogP contribution in [0.25, 0.3) is 0 Å². The number of fused-ring (bicyclic) bond motifs is 1. The maximum atomic E-state index is 14.4. The van der Waals surface area contributed by atoms with Crippen molar-refractivity contribution in [3.05, 3.63) is 76.5 Å². The topological polar surface area (TPSA) is 166 Å². The Morgan fingerprint density at radius 3 is 2.49 bits per heavy atom. The lowest BCUT2D eigenvalue weighted by Gasteiger charge is -2.47. The van der Waals surface area contributed by atoms with Gasteiger partial charge in [-0.15, -0.1) is 12.4 Å². The van der Waals surface area contributed by atoms with Crippen LogP contribution in [-0.4, -0.2) is 72.5 Å². The van der Waals surface area contributed by atoms with Crippen LogP contribution in [-0.2, 0) is 20.7 Å². The number of aliphatic carboxylic acids is 1. The first-order valence-electron chi connectivity index (χ1n) is 13.7. The van der Waals surface area contributed by atoms with Gasteiger partial charge >= 0.3 is 5.97 Å². The van der Waals surface area contributed by atoms with Gasteiger partial charge in [-0.3, -0.25) is 4.79 Å². The summed E-state index contributed by atoms with van der Waals surface area (Å²) in [4.78, 5) is 37.4. The number of hydrogen-bond acceptors (Lipinski definition) is 10. The van der Waals surface area contributed by atoms with Crippen LogP contribution in [0.15, 0.2) is 48.7 Å². The largest absolute Gasteiger partial charge is 0.479 e. The summed E-state index contributed by atoms with van der Waals surface area (Å²) in [5.41, 5.74) is 12.7. The van der Waals surface area contributed by atoms with Crippen molar-refractivity contribution >= 4 is 41.6 Å². The standard InChI is InChI=1S/C31H34N6O5.ClH/c1-41-28-31(42-2,29(39)40)26(38)25-23(16-22-17-35-30(33)36-27(22)32)21(9-8-19-6-4-3-5-7-19)10-11-24(25)37(28)18-20-12-14-34-15-13-20;/h3-7,10-11,17,20,28,34H,12-16,18H2,1-2H3,(H,39,40)(H4,32,33,35,36);1H. The number of nitrogens with two attached hydrogens (primary N) is 2. The van der Waals surface area contributed by atoms with E-state index in [0.717, 1.165) is 31.5 Å². The van der Waals surface area contributed by atoms with Gasteiger partial charge in [0.2, 0.25) is 11.7 Å². The average Bonchev–Trinajstić information content (AvgIpc) is 2.99. The molecule has 2 atom stereocenters. The van der Waals surface area contributed by atoms with Crippen LogP contribution >= 0.6 is 12.4 Å². The molecular formula is C31H35ClN6O5. The van der Waals surface area contributed by atoms with Crippen molar-refractivity contribution in [2.45, 2.75) is 31.1 Å². The molecule has 6 N–H and O–H groups in total. The number of carboxylic acids is 1. The number of methoxy groups -OCH3 is 2. The lowest BCUT2D eigenvalue weighted by Crippen LogP contribution is -2.67. The first-order chi connectivity index (χ1) is 20.3. The van der Waals surface area contributed by atoms with Crippen LogP contribution in [0, 0.1) is 17.8 Å². The van der Waals surface area contributed by atoms with Gasteiger partial charge < -0.3 is 36.3 Å². The molecule has 11 nitrogen and oxygen atoms in total. The third-order valence-corrected chi connectivity index (χ3v) is 7.97. The number of nitrogens with zero attached hydrogens (tertiary/aromatic N) is 3. The molecule has 0 bridgehead atoms. The van der Waals surface area contributed by atoms with Crippen LogP contribution in [0.1, 0.15) is 45.5 Å². The molecule has 0 aliphatic carbocycles. The minimum Gasteiger partial charge on any atom is -0.479 e. The quantitative estimate of drug-likeness (QED) is 0.230. The number of Topliss-reactive ketones (excluding diaryl/α,β-unsaturated/α-hetero) is 1. The van der Waals surface area contributed by atoms with E-state index in [0.29, 0.717) is 28.9 Å². The van der Waals surface area contributed by atoms with Crippen LogP contribution in [0.2, 0.25) is 0 Å². The van der Waals surface area contributed by atoms with E-state index >= 15 is 0 Å². The monoisotopic (exact) mass is 606 g/mol. The number of carbonyl (C=O) groups is 2. The summed E-state index contributed by atoms with van der Waals surface area (Å²) in [6.45, 7) is 2.18. The fourth-order valence-electron chi connectivity index (χ4n) is 5.81. The third kappa shape index (κ3) is 6.00. The molecule has 1 saturated heterocycles. The molecule has 2 aliphatic heterocycles. The molecule has 0 saturated carbocycles. The molecule has 3 aromatic rings. The summed E-state index contributed by atoms with van der Waals surface area (Å²) in [6, 6.07) is 13.1. The summed E-state index contributed by atoms with van der Waals surface area (Å²) in [7, 11) is 2.61. The number of nitrogens with one attached hydrogen (secondary N) is 1. The molecule has 226 valence electrons. The lowest BCUT2D eigenvalue weighted by atomic mass is 9.79. The molecule has 2 unspecified atom stereocenters. The number of ether oxygens (including phenoxy) is 2. The number of carbonyl (C=O) groups excluding carboxylic acids is 1. The molecule has 1 aromatic heterocycles. The second-order valence-corrected chi connectivity index (χ2v) is 10.4. The predicted octanol–water partition coefficient (Wildman–Crippen LogP) is 2.50. The Balaban J connectivity index is 0.00000423. The number of hydrogen-bond donors (Lipinski definition) is 4. The molecule has 5 rings (SSSR count). The maximum Gasteiger partial charge on any atom is 0.349 e. The van der Waals surface area contributed by atoms with Crippen LogP contribution in [0.4, 0.5) is 17.5 Å². The van der Waals surface area contributed by atoms with Gasteiger partial charge in [-0.05, 0) is 61.7 Å². The van der Waals surface area contributed by atoms with Crippen molar-refractivity contribution in [3.8, 4) is 11.8 Å². The van der Waals surface area contributed by atoms with Crippen molar-refractivity contribution in [2.24, 2.45) is 5.92 Å². The number of rotatable bonds is 7. The van der Waals surface area contributed by atoms with E-state index in [1.54, 1.807) is 0 Å². The Kier molecular flexibility index (Phi) is 9.88. The Bertz CT molecular complexity index is 1550. The Morgan fingerprint density at radius 2 is 1.86 bits per heavy atom. The molecule has 43 heavy (non-hydrogen) atoms. The van der Waals surface area contributed by atoms with Crippen LogP contribution < -0.4 is 21.7 Å². The molecule has 0 amide bonds. The number of aromatic nitrogens is 2. The number of halogens is 1. The van der Waals surface area contributed by atoms with Gasteiger partial charge in [0.25, 0.3) is 5.60 Å². The van der Waals surface area contributed by atoms with Gasteiger partial charge in [-0.2, -0.15) is 4.98 Å². The Labute approximate surface area is 256 Å². The molecule has 0 spiro atoms. The van der Waals surface area contributed by atoms with Gasteiger partial charge in [0.15, 0.2) is 6.23 Å². The van der Waals surface area contributed by atoms with Crippen molar-refractivity contribution in [1.82, 2.24) is 15.3 Å². The molecular weight excluding hydrogens is 572 g/mol. The van der Waals surface area contributed by atoms with Gasteiger partial charge in [-0.25, -0.2) is 9.78 Å². The fourth-order valence-corrected chi connectivity index (χ4v) is 5.81. The highest BCUT2D eigenvalue weighted by atomic mass is 35.5. The van der Waals surface area contributed by atoms with E-state index in [1.807, 2.05) is 47.4 Å². The lowest BCUT2D eigenvalue weighted by molar-refractivity contribution is -0.171. The van der Waals surface area contributed by atoms with Gasteiger partial charge in [0.1, 0.15) is 5.82 Å². The number of nitrogen functional groups attached to an aromatic ring is 2. The van der Waals surface area contributed by atoms with Crippen molar-refractivity contribution in [1.29, 1.82) is 0 Å². The number of anilines is 3. The summed E-state index contributed by atoms with van der Waals surface area (Å²) in [5.74, 6) is 4.60. The highest BCUT2D eigenvalue weighted by Crippen LogP contribution is 2.43. The van der Waals surface area contributed by atoms with Gasteiger partial charge in [-0.1, -0.05) is 30.0 Å². The molecule has 1 fully saturated rings. The number of benzene rings is 2. The van der Waals surface area contributed by atoms with Gasteiger partial charge in [0, 0.05) is 55.6 Å². The average molecular weight is 607 g/mol. The van der Waals surface area contributed by atoms with E-state index in [4.69, 9.17) is 20.9 Å². The maximum absolute atomic E-state index is 14.4. The summed E-state index contributed by atoms with van der Waals surface area (Å²) < 4.78 is 11.4. The normalized spacial score (nSPS) is 20.0. The Hall–Kier alpha value is -4.21. The first-order valence-corrected chi connectivity index (χ1v) is 13.7. The highest BCUT2D eigenvalue weighted by molar-refractivity contribution is 6.21. The van der Waals surface area contributed by atoms with Crippen LogP contribution in [0.5, 0.6) is 0 Å². The molecule has 2 aliphatic rings. The molecule has 12 heteroatoms. The summed E-state index contributed by atoms with van der Waals surface area (Å²) in [5, 5.41) is 13.9. The molecule has 0 radical (unpaired) electrons. The Morgan fingerprint density at radius 1 is 1.14 bits per heavy atom. The second-order valence-electron chi connectivity index (χ2n) is 10.4. The predicted molar refractivity (Wildman–Crippen MR) is 165 cm³/mol. The second kappa shape index (κ2) is 13.4. The van der Waals surface area contributed by atoms with E-state index < -0.39 is 23.6 Å². The molecule has 2 aromatic carbocycles. The van der Waals surface area contributed by atoms with E-state index in [9.17, 15) is 14.7 Å². The van der Waals surface area contributed by atoms with E-state index in [2.05, 4.69) is 27.1 Å². The zero-order valence-corrected chi connectivity index (χ0v) is 24.8.